The summed E-state index contributed by atoms with van der Waals surface area (Å²) in [6.07, 6.45) is 0.508. The third kappa shape index (κ3) is 3.13. The van der Waals surface area contributed by atoms with Gasteiger partial charge in [-0.05, 0) is 0 Å². The molecule has 1 rings (SSSR count). The highest BCUT2D eigenvalue weighted by Gasteiger charge is 2.11. The number of nitrogens with one attached hydrogen (secondary N) is 2. The van der Waals surface area contributed by atoms with Crippen LogP contribution in [0.1, 0.15) is 5.56 Å². The lowest BCUT2D eigenvalue weighted by Gasteiger charge is -2.14. The smallest absolute Gasteiger partial charge is 0.216 e. The molecular formula is C10H12N6O. The predicted molar refractivity (Wildman–Crippen MR) is 64.7 cm³/mol. The molecule has 0 amide bonds. The van der Waals surface area contributed by atoms with E-state index in [2.05, 4.69) is 5.10 Å². The zero-order valence-electron chi connectivity index (χ0n) is 8.92. The normalized spacial score (nSPS) is 10.7. The second kappa shape index (κ2) is 5.40. The predicted octanol–water partition coefficient (Wildman–Crippen LogP) is -0.321. The zero-order valence-corrected chi connectivity index (χ0v) is 8.92. The van der Waals surface area contributed by atoms with E-state index in [-0.39, 0.29) is 5.71 Å². The molecule has 1 aromatic rings. The Hall–Kier alpha value is -2.70. The van der Waals surface area contributed by atoms with Crippen LogP contribution in [0.15, 0.2) is 35.4 Å². The van der Waals surface area contributed by atoms with Crippen LogP contribution in [0, 0.1) is 10.8 Å². The summed E-state index contributed by atoms with van der Waals surface area (Å²) in [6, 6.07) is 8.61. The first kappa shape index (κ1) is 12.4. The SMILES string of the molecule is N=C(N)N(/N=C(\C=O)c1ccccc1)C(=N)N. The van der Waals surface area contributed by atoms with Crippen molar-refractivity contribution in [2.24, 2.45) is 16.6 Å². The van der Waals surface area contributed by atoms with Crippen molar-refractivity contribution in [2.45, 2.75) is 0 Å². The van der Waals surface area contributed by atoms with Crippen molar-refractivity contribution < 1.29 is 4.79 Å². The van der Waals surface area contributed by atoms with E-state index < -0.39 is 11.9 Å². The van der Waals surface area contributed by atoms with E-state index >= 15 is 0 Å². The quantitative estimate of drug-likeness (QED) is 0.246. The number of benzene rings is 1. The van der Waals surface area contributed by atoms with Crippen molar-refractivity contribution in [2.75, 3.05) is 0 Å². The Labute approximate surface area is 97.7 Å². The van der Waals surface area contributed by atoms with Crippen LogP contribution in [0.2, 0.25) is 0 Å². The molecule has 0 spiro atoms. The number of hydrogen-bond donors (Lipinski definition) is 4. The average Bonchev–Trinajstić information content (AvgIpc) is 2.30. The summed E-state index contributed by atoms with van der Waals surface area (Å²) in [7, 11) is 0. The fourth-order valence-corrected chi connectivity index (χ4v) is 1.10. The second-order valence-electron chi connectivity index (χ2n) is 3.05. The second-order valence-corrected chi connectivity index (χ2v) is 3.05. The lowest BCUT2D eigenvalue weighted by Crippen LogP contribution is -2.42. The highest BCUT2D eigenvalue weighted by atomic mass is 16.1. The number of guanidine groups is 2. The summed E-state index contributed by atoms with van der Waals surface area (Å²) in [5.74, 6) is -1.07. The van der Waals surface area contributed by atoms with Crippen molar-refractivity contribution in [3.8, 4) is 0 Å². The molecule has 7 nitrogen and oxygen atoms in total. The van der Waals surface area contributed by atoms with Gasteiger partial charge in [-0.3, -0.25) is 15.6 Å². The van der Waals surface area contributed by atoms with Crippen LogP contribution < -0.4 is 11.5 Å². The zero-order chi connectivity index (χ0) is 12.8. The van der Waals surface area contributed by atoms with Gasteiger partial charge in [-0.25, -0.2) is 0 Å². The van der Waals surface area contributed by atoms with Gasteiger partial charge in [0.15, 0.2) is 6.29 Å². The Kier molecular flexibility index (Phi) is 3.93. The van der Waals surface area contributed by atoms with Gasteiger partial charge in [-0.2, -0.15) is 10.1 Å². The summed E-state index contributed by atoms with van der Waals surface area (Å²) in [6.45, 7) is 0. The van der Waals surface area contributed by atoms with Gasteiger partial charge in [0, 0.05) is 5.56 Å². The summed E-state index contributed by atoms with van der Waals surface area (Å²) in [4.78, 5) is 10.9. The topological polar surface area (TPSA) is 132 Å². The molecule has 88 valence electrons. The fourth-order valence-electron chi connectivity index (χ4n) is 1.10. The van der Waals surface area contributed by atoms with Gasteiger partial charge in [0.1, 0.15) is 5.71 Å². The van der Waals surface area contributed by atoms with Crippen molar-refractivity contribution in [1.82, 2.24) is 5.01 Å². The maximum atomic E-state index is 10.9. The van der Waals surface area contributed by atoms with Gasteiger partial charge in [0.05, 0.1) is 0 Å². The molecule has 0 aliphatic carbocycles. The molecule has 0 saturated carbocycles. The van der Waals surface area contributed by atoms with Gasteiger partial charge in [-0.15, -0.1) is 0 Å². The minimum Gasteiger partial charge on any atom is -0.368 e. The lowest BCUT2D eigenvalue weighted by molar-refractivity contribution is -0.102. The summed E-state index contributed by atoms with van der Waals surface area (Å²) in [5.41, 5.74) is 11.0. The molecule has 0 radical (unpaired) electrons. The number of hydrazone groups is 1. The molecule has 0 aliphatic rings. The largest absolute Gasteiger partial charge is 0.368 e. The first-order valence-corrected chi connectivity index (χ1v) is 4.63. The summed E-state index contributed by atoms with van der Waals surface area (Å²) in [5, 5.41) is 18.8. The molecule has 0 aliphatic heterocycles. The Morgan fingerprint density at radius 1 is 1.18 bits per heavy atom. The van der Waals surface area contributed by atoms with Crippen LogP contribution in [0.4, 0.5) is 0 Å². The number of carbonyl (C=O) groups excluding carboxylic acids is 1. The maximum absolute atomic E-state index is 10.9. The molecule has 7 heteroatoms. The van der Waals surface area contributed by atoms with E-state index in [0.29, 0.717) is 16.9 Å². The molecule has 0 atom stereocenters. The van der Waals surface area contributed by atoms with Crippen LogP contribution >= 0.6 is 0 Å². The van der Waals surface area contributed by atoms with Crippen molar-refractivity contribution in [1.29, 1.82) is 10.8 Å². The molecule has 0 aromatic heterocycles. The summed E-state index contributed by atoms with van der Waals surface area (Å²) < 4.78 is 0. The standard InChI is InChI=1S/C10H12N6O/c11-9(12)16(10(13)14)15-8(6-17)7-4-2-1-3-5-7/h1-6H,(H3,11,12)(H3,13,14)/b15-8+. The highest BCUT2D eigenvalue weighted by Crippen LogP contribution is 2.01. The third-order valence-electron chi connectivity index (χ3n) is 1.85. The first-order chi connectivity index (χ1) is 8.06. The van der Waals surface area contributed by atoms with Crippen molar-refractivity contribution in [3.05, 3.63) is 35.9 Å². The average molecular weight is 232 g/mol. The van der Waals surface area contributed by atoms with Crippen LogP contribution in [-0.4, -0.2) is 28.9 Å². The van der Waals surface area contributed by atoms with E-state index in [1.807, 2.05) is 0 Å². The van der Waals surface area contributed by atoms with Crippen LogP contribution in [0.25, 0.3) is 0 Å². The molecule has 17 heavy (non-hydrogen) atoms. The minimum absolute atomic E-state index is 0.0380. The number of hydrogen-bond acceptors (Lipinski definition) is 4. The van der Waals surface area contributed by atoms with Gasteiger partial charge < -0.3 is 11.5 Å². The van der Waals surface area contributed by atoms with E-state index in [1.54, 1.807) is 30.3 Å². The molecular weight excluding hydrogens is 220 g/mol. The lowest BCUT2D eigenvalue weighted by atomic mass is 10.1. The Balaban J connectivity index is 3.13. The molecule has 0 saturated heterocycles. The summed E-state index contributed by atoms with van der Waals surface area (Å²) >= 11 is 0. The fraction of sp³-hybridized carbons (Fsp3) is 0. The molecule has 0 bridgehead atoms. The van der Waals surface area contributed by atoms with Crippen molar-refractivity contribution >= 4 is 23.9 Å². The van der Waals surface area contributed by atoms with Gasteiger partial charge in [0.2, 0.25) is 11.9 Å². The van der Waals surface area contributed by atoms with Gasteiger partial charge in [-0.1, -0.05) is 30.3 Å². The van der Waals surface area contributed by atoms with Gasteiger partial charge >= 0.3 is 0 Å². The molecule has 6 N–H and O–H groups in total. The Bertz CT molecular complexity index is 453. The Morgan fingerprint density at radius 3 is 2.12 bits per heavy atom. The van der Waals surface area contributed by atoms with E-state index in [1.165, 1.54) is 0 Å². The Morgan fingerprint density at radius 2 is 1.71 bits per heavy atom. The van der Waals surface area contributed by atoms with Crippen LogP contribution in [0.5, 0.6) is 0 Å². The monoisotopic (exact) mass is 232 g/mol. The van der Waals surface area contributed by atoms with Crippen molar-refractivity contribution in [3.63, 3.8) is 0 Å². The van der Waals surface area contributed by atoms with Crippen LogP contribution in [-0.2, 0) is 4.79 Å². The molecule has 0 fully saturated rings. The van der Waals surface area contributed by atoms with E-state index in [0.717, 1.165) is 0 Å². The highest BCUT2D eigenvalue weighted by molar-refractivity contribution is 6.36. The van der Waals surface area contributed by atoms with Gasteiger partial charge in [0.25, 0.3) is 0 Å². The molecule has 0 unspecified atom stereocenters. The van der Waals surface area contributed by atoms with E-state index in [9.17, 15) is 4.79 Å². The number of nitrogens with zero attached hydrogens (tertiary/aromatic N) is 2. The molecule has 0 heterocycles. The minimum atomic E-state index is -0.534. The maximum Gasteiger partial charge on any atom is 0.216 e. The third-order valence-corrected chi connectivity index (χ3v) is 1.85. The number of carbonyl (C=O) groups is 1. The first-order valence-electron chi connectivity index (χ1n) is 4.63. The number of nitrogens with two attached hydrogens (primary N) is 2. The van der Waals surface area contributed by atoms with Crippen LogP contribution in [0.3, 0.4) is 0 Å². The van der Waals surface area contributed by atoms with E-state index in [4.69, 9.17) is 22.3 Å². The number of aldehydes is 1. The number of rotatable bonds is 3. The molecule has 1 aromatic carbocycles.